The van der Waals surface area contributed by atoms with Crippen LogP contribution in [0.1, 0.15) is 10.4 Å². The maximum atomic E-state index is 11.9. The van der Waals surface area contributed by atoms with Crippen molar-refractivity contribution >= 4 is 22.4 Å². The number of carbonyl (C=O) groups is 1. The van der Waals surface area contributed by atoms with Gasteiger partial charge >= 0.3 is 0 Å². The monoisotopic (exact) mass is 355 g/mol. The first-order valence-corrected chi connectivity index (χ1v) is 8.46. The molecule has 0 saturated carbocycles. The summed E-state index contributed by atoms with van der Waals surface area (Å²) in [5, 5.41) is 3.29. The van der Waals surface area contributed by atoms with Crippen molar-refractivity contribution in [1.82, 2.24) is 9.97 Å². The maximum absolute atomic E-state index is 11.9. The third kappa shape index (κ3) is 5.02. The number of rotatable bonds is 7. The largest absolute Gasteiger partial charge is 0.497 e. The summed E-state index contributed by atoms with van der Waals surface area (Å²) in [7, 11) is 1.64. The molecule has 2 heterocycles. The molecule has 0 aliphatic rings. The van der Waals surface area contributed by atoms with Crippen LogP contribution in [0.25, 0.3) is 0 Å². The smallest absolute Gasteiger partial charge is 0.264 e. The molecule has 1 amide bonds. The van der Waals surface area contributed by atoms with Crippen LogP contribution in [-0.4, -0.2) is 29.6 Å². The molecule has 0 aliphatic heterocycles. The number of carbonyl (C=O) groups excluding carboxylic acids is 1. The lowest BCUT2D eigenvalue weighted by molar-refractivity contribution is -0.118. The van der Waals surface area contributed by atoms with Crippen LogP contribution in [0, 0.1) is 0 Å². The molecule has 6 nitrogen and oxygen atoms in total. The van der Waals surface area contributed by atoms with Crippen molar-refractivity contribution in [1.29, 1.82) is 0 Å². The highest BCUT2D eigenvalue weighted by Crippen LogP contribution is 2.22. The Balaban J connectivity index is 1.51. The Hall–Kier alpha value is -2.93. The fourth-order valence-corrected chi connectivity index (χ4v) is 2.98. The Morgan fingerprint density at radius 2 is 2.00 bits per heavy atom. The minimum atomic E-state index is -0.268. The zero-order chi connectivity index (χ0) is 17.5. The molecule has 0 aliphatic carbocycles. The summed E-state index contributed by atoms with van der Waals surface area (Å²) in [5.74, 6) is 0.974. The molecule has 0 atom stereocenters. The van der Waals surface area contributed by atoms with Crippen molar-refractivity contribution in [3.63, 3.8) is 0 Å². The van der Waals surface area contributed by atoms with E-state index in [1.54, 1.807) is 37.7 Å². The third-order valence-electron chi connectivity index (χ3n) is 3.33. The van der Waals surface area contributed by atoms with Crippen LogP contribution in [0.15, 0.2) is 54.9 Å². The number of hydrogen-bond donors (Lipinski definition) is 1. The van der Waals surface area contributed by atoms with Gasteiger partial charge in [0.25, 0.3) is 5.91 Å². The number of amides is 1. The molecule has 0 unspecified atom stereocenters. The fourth-order valence-electron chi connectivity index (χ4n) is 2.12. The van der Waals surface area contributed by atoms with Crippen LogP contribution in [0.2, 0.25) is 0 Å². The number of thiazole rings is 1. The lowest BCUT2D eigenvalue weighted by Crippen LogP contribution is -2.20. The Labute approximate surface area is 149 Å². The molecule has 1 aromatic carbocycles. The standard InChI is InChI=1S/C18H17N3O3S/c1-23-14-7-5-13(6-8-14)10-15-11-20-18(25-15)21-16(22)12-24-17-4-2-3-9-19-17/h2-9,11H,10,12H2,1H3,(H,20,21,22). The van der Waals surface area contributed by atoms with E-state index in [2.05, 4.69) is 15.3 Å². The molecule has 25 heavy (non-hydrogen) atoms. The van der Waals surface area contributed by atoms with Gasteiger partial charge in [0.1, 0.15) is 5.75 Å². The zero-order valence-electron chi connectivity index (χ0n) is 13.6. The highest BCUT2D eigenvalue weighted by atomic mass is 32.1. The summed E-state index contributed by atoms with van der Waals surface area (Å²) in [4.78, 5) is 21.2. The number of methoxy groups -OCH3 is 1. The number of nitrogens with one attached hydrogen (secondary N) is 1. The second-order valence-corrected chi connectivity index (χ2v) is 6.28. The molecular weight excluding hydrogens is 338 g/mol. The van der Waals surface area contributed by atoms with Gasteiger partial charge in [0, 0.05) is 29.8 Å². The zero-order valence-corrected chi connectivity index (χ0v) is 14.5. The van der Waals surface area contributed by atoms with Gasteiger partial charge in [-0.05, 0) is 23.8 Å². The van der Waals surface area contributed by atoms with E-state index in [1.165, 1.54) is 11.3 Å². The fraction of sp³-hybridized carbons (Fsp3) is 0.167. The minimum Gasteiger partial charge on any atom is -0.497 e. The Kier molecular flexibility index (Phi) is 5.58. The van der Waals surface area contributed by atoms with Crippen LogP contribution >= 0.6 is 11.3 Å². The minimum absolute atomic E-state index is 0.107. The van der Waals surface area contributed by atoms with Crippen molar-refractivity contribution in [2.24, 2.45) is 0 Å². The first-order chi connectivity index (χ1) is 12.2. The van der Waals surface area contributed by atoms with E-state index in [9.17, 15) is 4.79 Å². The van der Waals surface area contributed by atoms with Crippen molar-refractivity contribution in [3.8, 4) is 11.6 Å². The number of nitrogens with zero attached hydrogens (tertiary/aromatic N) is 2. The molecule has 0 spiro atoms. The van der Waals surface area contributed by atoms with Crippen LogP contribution in [0.4, 0.5) is 5.13 Å². The highest BCUT2D eigenvalue weighted by molar-refractivity contribution is 7.15. The quantitative estimate of drug-likeness (QED) is 0.705. The van der Waals surface area contributed by atoms with Gasteiger partial charge in [-0.3, -0.25) is 10.1 Å². The van der Waals surface area contributed by atoms with Gasteiger partial charge in [-0.15, -0.1) is 11.3 Å². The summed E-state index contributed by atoms with van der Waals surface area (Å²) in [6, 6.07) is 13.2. The molecule has 0 bridgehead atoms. The van der Waals surface area contributed by atoms with Gasteiger partial charge in [-0.25, -0.2) is 9.97 Å². The van der Waals surface area contributed by atoms with Gasteiger partial charge in [-0.2, -0.15) is 0 Å². The van der Waals surface area contributed by atoms with Crippen molar-refractivity contribution in [2.45, 2.75) is 6.42 Å². The van der Waals surface area contributed by atoms with E-state index < -0.39 is 0 Å². The van der Waals surface area contributed by atoms with Crippen LogP contribution in [0.5, 0.6) is 11.6 Å². The Morgan fingerprint density at radius 1 is 1.16 bits per heavy atom. The number of benzene rings is 1. The van der Waals surface area contributed by atoms with E-state index in [1.807, 2.05) is 24.3 Å². The normalized spacial score (nSPS) is 10.3. The van der Waals surface area contributed by atoms with Crippen LogP contribution in [0.3, 0.4) is 0 Å². The summed E-state index contributed by atoms with van der Waals surface area (Å²) in [6.45, 7) is -0.107. The molecule has 3 rings (SSSR count). The summed E-state index contributed by atoms with van der Waals surface area (Å²) in [5.41, 5.74) is 1.15. The summed E-state index contributed by atoms with van der Waals surface area (Å²) < 4.78 is 10.5. The molecule has 1 N–H and O–H groups in total. The van der Waals surface area contributed by atoms with Gasteiger partial charge < -0.3 is 9.47 Å². The Bertz CT molecular complexity index is 819. The van der Waals surface area contributed by atoms with Crippen LogP contribution in [-0.2, 0) is 11.2 Å². The number of pyridine rings is 1. The predicted octanol–water partition coefficient (Wildman–Crippen LogP) is 3.16. The second-order valence-electron chi connectivity index (χ2n) is 5.16. The number of ether oxygens (including phenoxy) is 2. The van der Waals surface area contributed by atoms with E-state index in [-0.39, 0.29) is 12.5 Å². The van der Waals surface area contributed by atoms with E-state index >= 15 is 0 Å². The van der Waals surface area contributed by atoms with Crippen LogP contribution < -0.4 is 14.8 Å². The van der Waals surface area contributed by atoms with Crippen molar-refractivity contribution in [2.75, 3.05) is 19.0 Å². The molecule has 2 aromatic heterocycles. The number of aromatic nitrogens is 2. The van der Waals surface area contributed by atoms with Gasteiger partial charge in [-0.1, -0.05) is 18.2 Å². The lowest BCUT2D eigenvalue weighted by atomic mass is 10.1. The topological polar surface area (TPSA) is 73.3 Å². The second kappa shape index (κ2) is 8.25. The summed E-state index contributed by atoms with van der Waals surface area (Å²) in [6.07, 6.45) is 4.13. The molecule has 128 valence electrons. The van der Waals surface area contributed by atoms with Gasteiger partial charge in [0.2, 0.25) is 5.88 Å². The van der Waals surface area contributed by atoms with E-state index in [0.717, 1.165) is 22.6 Å². The Morgan fingerprint density at radius 3 is 2.72 bits per heavy atom. The predicted molar refractivity (Wildman–Crippen MR) is 96.3 cm³/mol. The van der Waals surface area contributed by atoms with E-state index in [0.29, 0.717) is 11.0 Å². The number of anilines is 1. The first kappa shape index (κ1) is 16.9. The third-order valence-corrected chi connectivity index (χ3v) is 4.24. The molecule has 0 saturated heterocycles. The van der Waals surface area contributed by atoms with Gasteiger partial charge in [0.15, 0.2) is 11.7 Å². The molecule has 3 aromatic rings. The van der Waals surface area contributed by atoms with Crippen molar-refractivity contribution < 1.29 is 14.3 Å². The average molecular weight is 355 g/mol. The first-order valence-electron chi connectivity index (χ1n) is 7.64. The molecule has 0 fully saturated rings. The molecule has 7 heteroatoms. The SMILES string of the molecule is COc1ccc(Cc2cnc(NC(=O)COc3ccccn3)s2)cc1. The van der Waals surface area contributed by atoms with E-state index in [4.69, 9.17) is 9.47 Å². The molecule has 0 radical (unpaired) electrons. The van der Waals surface area contributed by atoms with Gasteiger partial charge in [0.05, 0.1) is 7.11 Å². The summed E-state index contributed by atoms with van der Waals surface area (Å²) >= 11 is 1.44. The number of hydrogen-bond acceptors (Lipinski definition) is 6. The maximum Gasteiger partial charge on any atom is 0.264 e. The lowest BCUT2D eigenvalue weighted by Gasteiger charge is -2.04. The molecular formula is C18H17N3O3S. The van der Waals surface area contributed by atoms with Crippen molar-refractivity contribution in [3.05, 3.63) is 65.3 Å². The average Bonchev–Trinajstić information content (AvgIpc) is 3.08. The highest BCUT2D eigenvalue weighted by Gasteiger charge is 2.08.